The number of alkyl carbamates (subject to hydrolysis) is 1. The lowest BCUT2D eigenvalue weighted by atomic mass is 10.2. The van der Waals surface area contributed by atoms with E-state index in [1.807, 2.05) is 0 Å². The van der Waals surface area contributed by atoms with Gasteiger partial charge in [-0.25, -0.2) is 4.79 Å². The third-order valence-electron chi connectivity index (χ3n) is 3.11. The van der Waals surface area contributed by atoms with Crippen LogP contribution in [0.25, 0.3) is 0 Å². The molecule has 0 atom stereocenters. The summed E-state index contributed by atoms with van der Waals surface area (Å²) in [6.07, 6.45) is 0.149. The van der Waals surface area contributed by atoms with Gasteiger partial charge >= 0.3 is 6.09 Å². The second-order valence-electron chi connectivity index (χ2n) is 6.40. The van der Waals surface area contributed by atoms with Crippen LogP contribution in [0.3, 0.4) is 0 Å². The van der Waals surface area contributed by atoms with Gasteiger partial charge in [0.1, 0.15) is 18.8 Å². The van der Waals surface area contributed by atoms with Crippen LogP contribution in [0, 0.1) is 0 Å². The average Bonchev–Trinajstić information content (AvgIpc) is 2.52. The maximum absolute atomic E-state index is 12.1. The van der Waals surface area contributed by atoms with Crippen molar-refractivity contribution in [1.82, 2.24) is 10.6 Å². The van der Waals surface area contributed by atoms with Crippen molar-refractivity contribution in [3.05, 3.63) is 23.8 Å². The molecule has 132 valence electrons. The van der Waals surface area contributed by atoms with E-state index < -0.39 is 11.7 Å². The van der Waals surface area contributed by atoms with Crippen molar-refractivity contribution < 1.29 is 23.8 Å². The molecule has 1 heterocycles. The zero-order chi connectivity index (χ0) is 17.6. The molecule has 2 rings (SSSR count). The van der Waals surface area contributed by atoms with Crippen LogP contribution < -0.4 is 20.1 Å². The van der Waals surface area contributed by atoms with Crippen molar-refractivity contribution in [1.29, 1.82) is 0 Å². The molecular formula is C17H24N2O5. The van der Waals surface area contributed by atoms with E-state index in [4.69, 9.17) is 14.2 Å². The Morgan fingerprint density at radius 2 is 1.75 bits per heavy atom. The fourth-order valence-corrected chi connectivity index (χ4v) is 2.08. The number of benzene rings is 1. The van der Waals surface area contributed by atoms with Crippen molar-refractivity contribution in [3.63, 3.8) is 0 Å². The number of hydrogen-bond acceptors (Lipinski definition) is 5. The van der Waals surface area contributed by atoms with Gasteiger partial charge in [0.15, 0.2) is 11.5 Å². The zero-order valence-electron chi connectivity index (χ0n) is 14.3. The molecule has 0 saturated heterocycles. The highest BCUT2D eigenvalue weighted by atomic mass is 16.6. The number of carbonyl (C=O) groups is 2. The normalized spacial score (nSPS) is 13.1. The van der Waals surface area contributed by atoms with Crippen LogP contribution in [-0.4, -0.2) is 43.9 Å². The summed E-state index contributed by atoms with van der Waals surface area (Å²) in [5.74, 6) is 1.05. The minimum absolute atomic E-state index is 0.191. The first-order chi connectivity index (χ1) is 11.3. The molecule has 1 aliphatic heterocycles. The van der Waals surface area contributed by atoms with Gasteiger partial charge in [-0.1, -0.05) is 0 Å². The summed E-state index contributed by atoms with van der Waals surface area (Å²) < 4.78 is 16.0. The SMILES string of the molecule is CC(C)(C)OC(=O)NCCCNC(=O)c1ccc2c(c1)OCCO2. The number of carbonyl (C=O) groups excluding carboxylic acids is 2. The molecule has 0 spiro atoms. The minimum Gasteiger partial charge on any atom is -0.486 e. The number of ether oxygens (including phenoxy) is 3. The maximum atomic E-state index is 12.1. The molecule has 7 nitrogen and oxygen atoms in total. The number of fused-ring (bicyclic) bond motifs is 1. The molecule has 0 aromatic heterocycles. The molecule has 0 radical (unpaired) electrons. The highest BCUT2D eigenvalue weighted by Crippen LogP contribution is 2.30. The predicted molar refractivity (Wildman–Crippen MR) is 88.6 cm³/mol. The van der Waals surface area contributed by atoms with E-state index in [0.717, 1.165) is 0 Å². The van der Waals surface area contributed by atoms with Gasteiger partial charge in [-0.15, -0.1) is 0 Å². The Bertz CT molecular complexity index is 595. The smallest absolute Gasteiger partial charge is 0.407 e. The Labute approximate surface area is 141 Å². The average molecular weight is 336 g/mol. The Hall–Kier alpha value is -2.44. The van der Waals surface area contributed by atoms with Crippen LogP contribution in [-0.2, 0) is 4.74 Å². The highest BCUT2D eigenvalue weighted by Gasteiger charge is 2.16. The lowest BCUT2D eigenvalue weighted by molar-refractivity contribution is 0.0527. The second-order valence-corrected chi connectivity index (χ2v) is 6.40. The molecule has 0 bridgehead atoms. The van der Waals surface area contributed by atoms with Gasteiger partial charge in [0.25, 0.3) is 5.91 Å². The molecule has 0 fully saturated rings. The first-order valence-corrected chi connectivity index (χ1v) is 8.00. The van der Waals surface area contributed by atoms with Crippen LogP contribution in [0.1, 0.15) is 37.6 Å². The van der Waals surface area contributed by atoms with Crippen LogP contribution in [0.2, 0.25) is 0 Å². The lowest BCUT2D eigenvalue weighted by Crippen LogP contribution is -2.34. The molecule has 7 heteroatoms. The molecule has 1 aliphatic rings. The molecule has 0 unspecified atom stereocenters. The van der Waals surface area contributed by atoms with E-state index >= 15 is 0 Å². The van der Waals surface area contributed by atoms with Gasteiger partial charge in [-0.2, -0.15) is 0 Å². The van der Waals surface area contributed by atoms with Crippen molar-refractivity contribution in [2.24, 2.45) is 0 Å². The summed E-state index contributed by atoms with van der Waals surface area (Å²) in [4.78, 5) is 23.6. The summed E-state index contributed by atoms with van der Waals surface area (Å²) in [6.45, 7) is 7.29. The maximum Gasteiger partial charge on any atom is 0.407 e. The topological polar surface area (TPSA) is 85.9 Å². The van der Waals surface area contributed by atoms with E-state index in [1.165, 1.54) is 0 Å². The van der Waals surface area contributed by atoms with Gasteiger partial charge in [0, 0.05) is 18.7 Å². The Morgan fingerprint density at radius 3 is 2.46 bits per heavy atom. The number of rotatable bonds is 5. The van der Waals surface area contributed by atoms with Crippen molar-refractivity contribution in [2.75, 3.05) is 26.3 Å². The molecule has 1 aromatic carbocycles. The Kier molecular flexibility index (Phi) is 5.89. The van der Waals surface area contributed by atoms with Crippen LogP contribution in [0.5, 0.6) is 11.5 Å². The van der Waals surface area contributed by atoms with Crippen LogP contribution >= 0.6 is 0 Å². The number of hydrogen-bond donors (Lipinski definition) is 2. The van der Waals surface area contributed by atoms with Gasteiger partial charge in [-0.3, -0.25) is 4.79 Å². The molecule has 0 aliphatic carbocycles. The lowest BCUT2D eigenvalue weighted by Gasteiger charge is -2.19. The van der Waals surface area contributed by atoms with Gasteiger partial charge in [0.2, 0.25) is 0 Å². The van der Waals surface area contributed by atoms with E-state index in [0.29, 0.717) is 49.8 Å². The monoisotopic (exact) mass is 336 g/mol. The third-order valence-corrected chi connectivity index (χ3v) is 3.11. The molecular weight excluding hydrogens is 312 g/mol. The third kappa shape index (κ3) is 5.64. The standard InChI is InChI=1S/C17H24N2O5/c1-17(2,3)24-16(21)19-8-4-7-18-15(20)12-5-6-13-14(11-12)23-10-9-22-13/h5-6,11H,4,7-10H2,1-3H3,(H,18,20)(H,19,21). The second kappa shape index (κ2) is 7.90. The van der Waals surface area contributed by atoms with Gasteiger partial charge in [-0.05, 0) is 45.4 Å². The van der Waals surface area contributed by atoms with E-state index in [2.05, 4.69) is 10.6 Å². The zero-order valence-corrected chi connectivity index (χ0v) is 14.3. The molecule has 24 heavy (non-hydrogen) atoms. The van der Waals surface area contributed by atoms with Gasteiger partial charge in [0.05, 0.1) is 0 Å². The van der Waals surface area contributed by atoms with E-state index in [-0.39, 0.29) is 5.91 Å². The fourth-order valence-electron chi connectivity index (χ4n) is 2.08. The number of amides is 2. The van der Waals surface area contributed by atoms with E-state index in [1.54, 1.807) is 39.0 Å². The van der Waals surface area contributed by atoms with Crippen LogP contribution in [0.4, 0.5) is 4.79 Å². The molecule has 2 amide bonds. The molecule has 1 aromatic rings. The minimum atomic E-state index is -0.517. The van der Waals surface area contributed by atoms with Crippen LogP contribution in [0.15, 0.2) is 18.2 Å². The summed E-state index contributed by atoms with van der Waals surface area (Å²) in [5, 5.41) is 5.44. The summed E-state index contributed by atoms with van der Waals surface area (Å²) in [5.41, 5.74) is -0.00404. The predicted octanol–water partition coefficient (Wildman–Crippen LogP) is 2.10. The summed E-state index contributed by atoms with van der Waals surface area (Å²) >= 11 is 0. The summed E-state index contributed by atoms with van der Waals surface area (Å²) in [7, 11) is 0. The van der Waals surface area contributed by atoms with Gasteiger partial charge < -0.3 is 24.8 Å². The van der Waals surface area contributed by atoms with Crippen molar-refractivity contribution >= 4 is 12.0 Å². The number of nitrogens with one attached hydrogen (secondary N) is 2. The fraction of sp³-hybridized carbons (Fsp3) is 0.529. The quantitative estimate of drug-likeness (QED) is 0.804. The Morgan fingerprint density at radius 1 is 1.08 bits per heavy atom. The first-order valence-electron chi connectivity index (χ1n) is 8.00. The Balaban J connectivity index is 1.69. The largest absolute Gasteiger partial charge is 0.486 e. The van der Waals surface area contributed by atoms with Crippen molar-refractivity contribution in [3.8, 4) is 11.5 Å². The molecule has 2 N–H and O–H groups in total. The highest BCUT2D eigenvalue weighted by molar-refractivity contribution is 5.94. The first kappa shape index (κ1) is 17.9. The molecule has 0 saturated carbocycles. The van der Waals surface area contributed by atoms with Crippen molar-refractivity contribution in [2.45, 2.75) is 32.8 Å². The summed E-state index contributed by atoms with van der Waals surface area (Å²) in [6, 6.07) is 5.10. The van der Waals surface area contributed by atoms with E-state index in [9.17, 15) is 9.59 Å².